The third-order valence-corrected chi connectivity index (χ3v) is 12.6. The van der Waals surface area contributed by atoms with Crippen molar-refractivity contribution in [2.45, 2.75) is 284 Å². The van der Waals surface area contributed by atoms with Crippen molar-refractivity contribution in [2.24, 2.45) is 0 Å². The minimum absolute atomic E-state index is 0.113. The number of unbranched alkanes of at least 4 members (excludes halogenated alkanes) is 27. The third-order valence-electron chi connectivity index (χ3n) is 12.6. The Balaban J connectivity index is 4.52. The van der Waals surface area contributed by atoms with Crippen LogP contribution in [0.4, 0.5) is 0 Å². The smallest absolute Gasteiger partial charge is 0.306 e. The molecule has 0 aliphatic carbocycles. The molecule has 406 valence electrons. The molecule has 0 saturated heterocycles. The molecule has 6 heteroatoms. The lowest BCUT2D eigenvalue weighted by atomic mass is 10.0. The van der Waals surface area contributed by atoms with Crippen LogP contribution in [0.5, 0.6) is 0 Å². The van der Waals surface area contributed by atoms with Gasteiger partial charge in [-0.2, -0.15) is 0 Å². The van der Waals surface area contributed by atoms with E-state index in [9.17, 15) is 14.4 Å². The maximum atomic E-state index is 12.9. The Morgan fingerprint density at radius 3 is 1.01 bits per heavy atom. The minimum atomic E-state index is -0.819. The highest BCUT2D eigenvalue weighted by molar-refractivity contribution is 5.71. The van der Waals surface area contributed by atoms with Crippen molar-refractivity contribution in [3.8, 4) is 0 Å². The summed E-state index contributed by atoms with van der Waals surface area (Å²) in [5, 5.41) is 0. The monoisotopic (exact) mass is 987 g/mol. The summed E-state index contributed by atoms with van der Waals surface area (Å²) in [6, 6.07) is 0. The maximum absolute atomic E-state index is 12.9. The zero-order chi connectivity index (χ0) is 51.4. The summed E-state index contributed by atoms with van der Waals surface area (Å²) in [6.45, 7) is 6.45. The lowest BCUT2D eigenvalue weighted by molar-refractivity contribution is -0.166. The Kier molecular flexibility index (Phi) is 55.9. The quantitative estimate of drug-likeness (QED) is 0.0199. The van der Waals surface area contributed by atoms with Gasteiger partial charge in [-0.25, -0.2) is 0 Å². The van der Waals surface area contributed by atoms with E-state index in [1.54, 1.807) is 0 Å². The van der Waals surface area contributed by atoms with Gasteiger partial charge in [-0.1, -0.05) is 272 Å². The zero-order valence-corrected chi connectivity index (χ0v) is 46.5. The lowest BCUT2D eigenvalue weighted by Gasteiger charge is -2.18. The summed E-state index contributed by atoms with van der Waals surface area (Å²) in [5.41, 5.74) is 0. The number of ether oxygens (including phenoxy) is 3. The van der Waals surface area contributed by atoms with E-state index in [-0.39, 0.29) is 37.5 Å². The molecule has 0 N–H and O–H groups in total. The van der Waals surface area contributed by atoms with Crippen LogP contribution in [0.15, 0.2) is 97.2 Å². The standard InChI is InChI=1S/C65H110O6/c1-4-7-10-13-16-19-22-25-28-31-33-35-37-40-43-46-49-52-55-58-64(67)70-61-62(60-69-63(66)57-54-51-48-45-42-39-36-30-27-24-21-18-15-12-9-6-3)71-65(68)59-56-53-50-47-44-41-38-34-32-29-26-23-20-17-14-11-8-5-2/h7,10,16,19,25,28,30,33,35-36,39-40,42-43,49,52,62H,4-6,8-9,11-15,17-18,20-24,26-27,29,31-32,34,37-38,41,44-48,50-51,53-61H2,1-3H3/b10-7-,19-16-,28-25-,35-33-,36-30-,42-39-,43-40-,52-49-. The Labute approximate surface area is 438 Å². The molecule has 0 amide bonds. The predicted octanol–water partition coefficient (Wildman–Crippen LogP) is 20.1. The van der Waals surface area contributed by atoms with Gasteiger partial charge < -0.3 is 14.2 Å². The van der Waals surface area contributed by atoms with Crippen LogP contribution in [0, 0.1) is 0 Å². The Bertz CT molecular complexity index is 1410. The lowest BCUT2D eigenvalue weighted by Crippen LogP contribution is -2.30. The van der Waals surface area contributed by atoms with Crippen molar-refractivity contribution in [1.29, 1.82) is 0 Å². The van der Waals surface area contributed by atoms with Crippen LogP contribution in [0.2, 0.25) is 0 Å². The van der Waals surface area contributed by atoms with Gasteiger partial charge in [-0.05, 0) is 83.5 Å². The fourth-order valence-electron chi connectivity index (χ4n) is 8.17. The van der Waals surface area contributed by atoms with E-state index in [2.05, 4.69) is 112 Å². The normalized spacial score (nSPS) is 12.8. The number of esters is 3. The van der Waals surface area contributed by atoms with Crippen LogP contribution in [0.25, 0.3) is 0 Å². The van der Waals surface area contributed by atoms with E-state index in [1.807, 2.05) is 6.08 Å². The van der Waals surface area contributed by atoms with Crippen molar-refractivity contribution < 1.29 is 28.6 Å². The van der Waals surface area contributed by atoms with Crippen molar-refractivity contribution in [1.82, 2.24) is 0 Å². The molecule has 0 aromatic rings. The number of carbonyl (C=O) groups is 3. The van der Waals surface area contributed by atoms with Gasteiger partial charge in [0.05, 0.1) is 0 Å². The Hall–Kier alpha value is -3.67. The zero-order valence-electron chi connectivity index (χ0n) is 46.5. The molecule has 0 fully saturated rings. The van der Waals surface area contributed by atoms with Crippen molar-refractivity contribution >= 4 is 17.9 Å². The van der Waals surface area contributed by atoms with Crippen molar-refractivity contribution in [3.63, 3.8) is 0 Å². The first-order valence-electron chi connectivity index (χ1n) is 29.8. The number of allylic oxidation sites excluding steroid dienone is 16. The van der Waals surface area contributed by atoms with Gasteiger partial charge in [-0.3, -0.25) is 14.4 Å². The maximum Gasteiger partial charge on any atom is 0.306 e. The third kappa shape index (κ3) is 57.1. The average molecular weight is 988 g/mol. The molecule has 1 atom stereocenters. The van der Waals surface area contributed by atoms with Gasteiger partial charge in [0.25, 0.3) is 0 Å². The SMILES string of the molecule is CC/C=C\C/C=C\C/C=C\C/C=C\C/C=C\C/C=C\CCC(=O)OCC(COC(=O)CCCCC/C=C\C=C/CCCCCCCCC)OC(=O)CCCCCCCCCCCCCCCCCCCC. The number of rotatable bonds is 53. The second-order valence-corrected chi connectivity index (χ2v) is 19.6. The van der Waals surface area contributed by atoms with Crippen LogP contribution >= 0.6 is 0 Å². The number of hydrogen-bond donors (Lipinski definition) is 0. The molecule has 0 heterocycles. The molecule has 0 radical (unpaired) electrons. The van der Waals surface area contributed by atoms with Gasteiger partial charge in [0.1, 0.15) is 13.2 Å². The first-order valence-corrected chi connectivity index (χ1v) is 29.8. The highest BCUT2D eigenvalue weighted by atomic mass is 16.6. The molecule has 71 heavy (non-hydrogen) atoms. The largest absolute Gasteiger partial charge is 0.462 e. The van der Waals surface area contributed by atoms with E-state index < -0.39 is 6.10 Å². The van der Waals surface area contributed by atoms with Gasteiger partial charge in [0.2, 0.25) is 0 Å². The van der Waals surface area contributed by atoms with Crippen LogP contribution in [0.1, 0.15) is 278 Å². The van der Waals surface area contributed by atoms with Gasteiger partial charge in [0.15, 0.2) is 6.10 Å². The average Bonchev–Trinajstić information content (AvgIpc) is 3.37. The summed E-state index contributed by atoms with van der Waals surface area (Å²) < 4.78 is 16.8. The summed E-state index contributed by atoms with van der Waals surface area (Å²) in [5.74, 6) is -1.02. The molecular weight excluding hydrogens is 877 g/mol. The van der Waals surface area contributed by atoms with E-state index in [4.69, 9.17) is 14.2 Å². The summed E-state index contributed by atoms with van der Waals surface area (Å²) >= 11 is 0. The Morgan fingerprint density at radius 1 is 0.310 bits per heavy atom. The molecule has 0 bridgehead atoms. The molecule has 0 aliphatic rings. The first kappa shape index (κ1) is 67.3. The van der Waals surface area contributed by atoms with Crippen LogP contribution in [0.3, 0.4) is 0 Å². The second kappa shape index (κ2) is 58.9. The fourth-order valence-corrected chi connectivity index (χ4v) is 8.17. The molecule has 6 nitrogen and oxygen atoms in total. The fraction of sp³-hybridized carbons (Fsp3) is 0.708. The summed E-state index contributed by atoms with van der Waals surface area (Å²) in [6.07, 6.45) is 78.4. The molecule has 0 saturated carbocycles. The van der Waals surface area contributed by atoms with E-state index >= 15 is 0 Å². The summed E-state index contributed by atoms with van der Waals surface area (Å²) in [7, 11) is 0. The molecule has 0 aromatic heterocycles. The van der Waals surface area contributed by atoms with Crippen LogP contribution in [-0.2, 0) is 28.6 Å². The topological polar surface area (TPSA) is 78.9 Å². The first-order chi connectivity index (χ1) is 35.0. The molecule has 0 aliphatic heterocycles. The van der Waals surface area contributed by atoms with E-state index in [0.29, 0.717) is 19.3 Å². The van der Waals surface area contributed by atoms with Crippen LogP contribution < -0.4 is 0 Å². The second-order valence-electron chi connectivity index (χ2n) is 19.6. The molecular formula is C65H110O6. The highest BCUT2D eigenvalue weighted by Gasteiger charge is 2.19. The van der Waals surface area contributed by atoms with Crippen molar-refractivity contribution in [2.75, 3.05) is 13.2 Å². The number of hydrogen-bond acceptors (Lipinski definition) is 6. The molecule has 0 aromatic carbocycles. The highest BCUT2D eigenvalue weighted by Crippen LogP contribution is 2.16. The van der Waals surface area contributed by atoms with E-state index in [1.165, 1.54) is 141 Å². The Morgan fingerprint density at radius 2 is 0.620 bits per heavy atom. The van der Waals surface area contributed by atoms with Gasteiger partial charge in [-0.15, -0.1) is 0 Å². The van der Waals surface area contributed by atoms with Crippen LogP contribution in [-0.4, -0.2) is 37.2 Å². The van der Waals surface area contributed by atoms with Gasteiger partial charge >= 0.3 is 17.9 Å². The molecule has 0 rings (SSSR count). The molecule has 1 unspecified atom stereocenters. The summed E-state index contributed by atoms with van der Waals surface area (Å²) in [4.78, 5) is 38.2. The minimum Gasteiger partial charge on any atom is -0.462 e. The number of carbonyl (C=O) groups excluding carboxylic acids is 3. The van der Waals surface area contributed by atoms with Gasteiger partial charge in [0, 0.05) is 19.3 Å². The van der Waals surface area contributed by atoms with Crippen molar-refractivity contribution in [3.05, 3.63) is 97.2 Å². The predicted molar refractivity (Wildman–Crippen MR) is 307 cm³/mol. The molecule has 0 spiro atoms. The van der Waals surface area contributed by atoms with E-state index in [0.717, 1.165) is 89.9 Å².